The molecule has 20 heavy (non-hydrogen) atoms. The van der Waals surface area contributed by atoms with Crippen LogP contribution in [0.1, 0.15) is 26.5 Å². The summed E-state index contributed by atoms with van der Waals surface area (Å²) in [6.07, 6.45) is 1.82. The number of benzene rings is 1. The zero-order valence-corrected chi connectivity index (χ0v) is 12.2. The van der Waals surface area contributed by atoms with Crippen LogP contribution in [0.15, 0.2) is 24.3 Å². The van der Waals surface area contributed by atoms with Crippen LogP contribution in [0.5, 0.6) is 0 Å². The summed E-state index contributed by atoms with van der Waals surface area (Å²) in [5.41, 5.74) is 9.12. The molecule has 1 aliphatic heterocycles. The second-order valence-electron chi connectivity index (χ2n) is 5.03. The van der Waals surface area contributed by atoms with Gasteiger partial charge in [0.1, 0.15) is 4.88 Å². The molecule has 1 amide bonds. The van der Waals surface area contributed by atoms with Crippen molar-refractivity contribution in [3.63, 3.8) is 0 Å². The van der Waals surface area contributed by atoms with E-state index in [1.165, 1.54) is 22.5 Å². The molecular formula is C15H17N3OS. The Hall–Kier alpha value is -1.88. The average molecular weight is 287 g/mol. The fourth-order valence-electron chi connectivity index (χ4n) is 2.63. The summed E-state index contributed by atoms with van der Waals surface area (Å²) in [6.45, 7) is 3.35. The zero-order valence-electron chi connectivity index (χ0n) is 11.4. The molecular weight excluding hydrogens is 270 g/mol. The summed E-state index contributed by atoms with van der Waals surface area (Å²) in [5.74, 6) is 0.0597. The molecule has 0 atom stereocenters. The Bertz CT molecular complexity index is 623. The molecule has 1 aromatic heterocycles. The van der Waals surface area contributed by atoms with Crippen LogP contribution in [0.25, 0.3) is 0 Å². The zero-order chi connectivity index (χ0) is 14.1. The molecule has 0 spiro atoms. The van der Waals surface area contributed by atoms with Gasteiger partial charge in [-0.3, -0.25) is 4.79 Å². The smallest absolute Gasteiger partial charge is 0.265 e. The molecule has 0 saturated heterocycles. The number of rotatable bonds is 1. The van der Waals surface area contributed by atoms with Gasteiger partial charge in [-0.1, -0.05) is 35.6 Å². The molecule has 0 radical (unpaired) electrons. The van der Waals surface area contributed by atoms with Crippen LogP contribution in [0, 0.1) is 6.92 Å². The molecule has 5 heteroatoms. The van der Waals surface area contributed by atoms with E-state index in [1.807, 2.05) is 11.8 Å². The number of anilines is 1. The van der Waals surface area contributed by atoms with Gasteiger partial charge in [0, 0.05) is 13.1 Å². The molecule has 4 nitrogen and oxygen atoms in total. The predicted molar refractivity (Wildman–Crippen MR) is 81.0 cm³/mol. The molecule has 0 aliphatic carbocycles. The third-order valence-electron chi connectivity index (χ3n) is 3.72. The van der Waals surface area contributed by atoms with E-state index in [2.05, 4.69) is 29.2 Å². The SMILES string of the molecule is Cc1nc(N)sc1C(=O)N1CCc2ccccc2CC1. The van der Waals surface area contributed by atoms with Crippen molar-refractivity contribution >= 4 is 22.4 Å². The van der Waals surface area contributed by atoms with Gasteiger partial charge in [-0.2, -0.15) is 0 Å². The summed E-state index contributed by atoms with van der Waals surface area (Å²) in [5, 5.41) is 0.462. The van der Waals surface area contributed by atoms with Gasteiger partial charge in [0.15, 0.2) is 5.13 Å². The fourth-order valence-corrected chi connectivity index (χ4v) is 3.43. The van der Waals surface area contributed by atoms with Crippen molar-refractivity contribution in [2.75, 3.05) is 18.8 Å². The van der Waals surface area contributed by atoms with Crippen LogP contribution in [0.4, 0.5) is 5.13 Å². The van der Waals surface area contributed by atoms with Gasteiger partial charge in [-0.15, -0.1) is 0 Å². The highest BCUT2D eigenvalue weighted by Crippen LogP contribution is 2.23. The Labute approximate surface area is 122 Å². The third-order valence-corrected chi connectivity index (χ3v) is 4.69. The van der Waals surface area contributed by atoms with E-state index in [0.717, 1.165) is 31.6 Å². The van der Waals surface area contributed by atoms with Gasteiger partial charge in [0.25, 0.3) is 5.91 Å². The number of nitrogen functional groups attached to an aromatic ring is 1. The van der Waals surface area contributed by atoms with Gasteiger partial charge >= 0.3 is 0 Å². The minimum absolute atomic E-state index is 0.0597. The Morgan fingerprint density at radius 3 is 2.35 bits per heavy atom. The molecule has 0 saturated carbocycles. The van der Waals surface area contributed by atoms with Gasteiger partial charge in [-0.05, 0) is 30.9 Å². The summed E-state index contributed by atoms with van der Waals surface area (Å²) < 4.78 is 0. The standard InChI is InChI=1S/C15H17N3OS/c1-10-13(20-15(16)17-10)14(19)18-8-6-11-4-2-3-5-12(11)7-9-18/h2-5H,6-9H2,1H3,(H2,16,17). The maximum Gasteiger partial charge on any atom is 0.265 e. The first-order chi connectivity index (χ1) is 9.65. The van der Waals surface area contributed by atoms with Crippen molar-refractivity contribution in [1.29, 1.82) is 0 Å². The minimum Gasteiger partial charge on any atom is -0.375 e. The monoisotopic (exact) mass is 287 g/mol. The predicted octanol–water partition coefficient (Wildman–Crippen LogP) is 2.27. The van der Waals surface area contributed by atoms with Crippen molar-refractivity contribution in [2.24, 2.45) is 0 Å². The number of nitrogens with two attached hydrogens (primary N) is 1. The molecule has 0 fully saturated rings. The van der Waals surface area contributed by atoms with Crippen LogP contribution >= 0.6 is 11.3 Å². The molecule has 1 aliphatic rings. The normalized spacial score (nSPS) is 14.8. The quantitative estimate of drug-likeness (QED) is 0.875. The highest BCUT2D eigenvalue weighted by molar-refractivity contribution is 7.17. The number of aryl methyl sites for hydroxylation is 1. The van der Waals surface area contributed by atoms with Crippen molar-refractivity contribution in [1.82, 2.24) is 9.88 Å². The van der Waals surface area contributed by atoms with E-state index in [1.54, 1.807) is 0 Å². The molecule has 2 N–H and O–H groups in total. The maximum absolute atomic E-state index is 12.6. The largest absolute Gasteiger partial charge is 0.375 e. The number of carbonyl (C=O) groups is 1. The summed E-state index contributed by atoms with van der Waals surface area (Å²) in [6, 6.07) is 8.42. The highest BCUT2D eigenvalue weighted by atomic mass is 32.1. The van der Waals surface area contributed by atoms with Crippen LogP contribution in [0.3, 0.4) is 0 Å². The summed E-state index contributed by atoms with van der Waals surface area (Å²) in [7, 11) is 0. The third kappa shape index (κ3) is 2.41. The molecule has 1 aromatic carbocycles. The summed E-state index contributed by atoms with van der Waals surface area (Å²) >= 11 is 1.28. The van der Waals surface area contributed by atoms with Crippen LogP contribution in [-0.2, 0) is 12.8 Å². The molecule has 0 unspecified atom stereocenters. The van der Waals surface area contributed by atoms with Crippen molar-refractivity contribution in [3.05, 3.63) is 46.0 Å². The topological polar surface area (TPSA) is 59.2 Å². The second-order valence-corrected chi connectivity index (χ2v) is 6.06. The number of carbonyl (C=O) groups excluding carboxylic acids is 1. The molecule has 3 rings (SSSR count). The lowest BCUT2D eigenvalue weighted by atomic mass is 10.0. The maximum atomic E-state index is 12.6. The van der Waals surface area contributed by atoms with Crippen molar-refractivity contribution in [3.8, 4) is 0 Å². The van der Waals surface area contributed by atoms with E-state index >= 15 is 0 Å². The lowest BCUT2D eigenvalue weighted by Gasteiger charge is -2.19. The molecule has 2 aromatic rings. The van der Waals surface area contributed by atoms with Gasteiger partial charge in [0.2, 0.25) is 0 Å². The first-order valence-corrected chi connectivity index (χ1v) is 7.56. The minimum atomic E-state index is 0.0597. The van der Waals surface area contributed by atoms with Gasteiger partial charge in [0.05, 0.1) is 5.69 Å². The number of aromatic nitrogens is 1. The highest BCUT2D eigenvalue weighted by Gasteiger charge is 2.23. The van der Waals surface area contributed by atoms with Crippen molar-refractivity contribution in [2.45, 2.75) is 19.8 Å². The first-order valence-electron chi connectivity index (χ1n) is 6.74. The van der Waals surface area contributed by atoms with E-state index in [-0.39, 0.29) is 5.91 Å². The molecule has 0 bridgehead atoms. The van der Waals surface area contributed by atoms with E-state index in [4.69, 9.17) is 5.73 Å². The van der Waals surface area contributed by atoms with E-state index in [9.17, 15) is 4.79 Å². The Morgan fingerprint density at radius 2 is 1.85 bits per heavy atom. The van der Waals surface area contributed by atoms with Gasteiger partial charge in [-0.25, -0.2) is 4.98 Å². The lowest BCUT2D eigenvalue weighted by molar-refractivity contribution is 0.0767. The Kier molecular flexibility index (Phi) is 3.44. The van der Waals surface area contributed by atoms with Gasteiger partial charge < -0.3 is 10.6 Å². The van der Waals surface area contributed by atoms with Crippen molar-refractivity contribution < 1.29 is 4.79 Å². The Balaban J connectivity index is 1.80. The van der Waals surface area contributed by atoms with Crippen LogP contribution in [0.2, 0.25) is 0 Å². The average Bonchev–Trinajstić information content (AvgIpc) is 2.66. The number of hydrogen-bond donors (Lipinski definition) is 1. The fraction of sp³-hybridized carbons (Fsp3) is 0.333. The second kappa shape index (κ2) is 5.25. The van der Waals surface area contributed by atoms with Crippen LogP contribution in [-0.4, -0.2) is 28.9 Å². The Morgan fingerprint density at radius 1 is 1.25 bits per heavy atom. The number of fused-ring (bicyclic) bond motifs is 1. The number of nitrogens with zero attached hydrogens (tertiary/aromatic N) is 2. The van der Waals surface area contributed by atoms with E-state index < -0.39 is 0 Å². The summed E-state index contributed by atoms with van der Waals surface area (Å²) in [4.78, 5) is 19.3. The number of hydrogen-bond acceptors (Lipinski definition) is 4. The first kappa shape index (κ1) is 13.1. The number of amides is 1. The van der Waals surface area contributed by atoms with E-state index in [0.29, 0.717) is 10.0 Å². The molecule has 2 heterocycles. The molecule has 104 valence electrons. The lowest BCUT2D eigenvalue weighted by Crippen LogP contribution is -2.33. The number of thiazole rings is 1. The van der Waals surface area contributed by atoms with Crippen LogP contribution < -0.4 is 5.73 Å².